The number of carbonyl (C=O) groups is 1. The highest BCUT2D eigenvalue weighted by molar-refractivity contribution is 5.95. The van der Waals surface area contributed by atoms with Gasteiger partial charge >= 0.3 is 0 Å². The van der Waals surface area contributed by atoms with Gasteiger partial charge in [0.2, 0.25) is 5.91 Å². The predicted molar refractivity (Wildman–Crippen MR) is 128 cm³/mol. The molecule has 1 aliphatic carbocycles. The van der Waals surface area contributed by atoms with Gasteiger partial charge in [0.25, 0.3) is 0 Å². The van der Waals surface area contributed by atoms with Crippen molar-refractivity contribution < 1.29 is 4.79 Å². The van der Waals surface area contributed by atoms with Gasteiger partial charge in [0.15, 0.2) is 0 Å². The lowest BCUT2D eigenvalue weighted by atomic mass is 9.93. The minimum Gasteiger partial charge on any atom is -0.296 e. The Labute approximate surface area is 192 Å². The van der Waals surface area contributed by atoms with E-state index in [-0.39, 0.29) is 5.91 Å². The molecule has 0 N–H and O–H groups in total. The Morgan fingerprint density at radius 3 is 2.59 bits per heavy atom. The molecule has 3 heterocycles. The highest BCUT2D eigenvalue weighted by Crippen LogP contribution is 2.38. The predicted octanol–water partition coefficient (Wildman–Crippen LogP) is 5.17. The van der Waals surface area contributed by atoms with Crippen LogP contribution in [-0.4, -0.2) is 39.9 Å². The zero-order chi connectivity index (χ0) is 21.9. The number of benzene rings is 1. The van der Waals surface area contributed by atoms with E-state index in [0.717, 1.165) is 56.1 Å². The molecule has 1 saturated heterocycles. The summed E-state index contributed by atoms with van der Waals surface area (Å²) < 4.78 is 0. The summed E-state index contributed by atoms with van der Waals surface area (Å²) in [6, 6.07) is 11.5. The molecular weight excluding hydrogens is 396 g/mol. The lowest BCUT2D eigenvalue weighted by Crippen LogP contribution is -2.39. The molecule has 0 spiro atoms. The Kier molecular flexibility index (Phi) is 6.54. The monoisotopic (exact) mass is 432 g/mol. The van der Waals surface area contributed by atoms with Crippen LogP contribution in [0.2, 0.25) is 0 Å². The van der Waals surface area contributed by atoms with Gasteiger partial charge in [-0.1, -0.05) is 49.6 Å². The third-order valence-corrected chi connectivity index (χ3v) is 7.68. The highest BCUT2D eigenvalue weighted by Gasteiger charge is 2.36. The zero-order valence-electron chi connectivity index (χ0n) is 19.4. The molecule has 0 unspecified atom stereocenters. The molecule has 2 aliphatic heterocycles. The van der Waals surface area contributed by atoms with Gasteiger partial charge in [-0.15, -0.1) is 0 Å². The van der Waals surface area contributed by atoms with Gasteiger partial charge in [0, 0.05) is 30.3 Å². The first kappa shape index (κ1) is 21.6. The summed E-state index contributed by atoms with van der Waals surface area (Å²) in [7, 11) is 0. The van der Waals surface area contributed by atoms with Crippen LogP contribution in [0.25, 0.3) is 0 Å². The molecule has 170 valence electrons. The quantitative estimate of drug-likeness (QED) is 0.632. The minimum absolute atomic E-state index is 0.213. The molecule has 1 aromatic heterocycles. The van der Waals surface area contributed by atoms with Gasteiger partial charge in [-0.25, -0.2) is 9.97 Å². The van der Waals surface area contributed by atoms with Gasteiger partial charge in [-0.3, -0.25) is 14.6 Å². The second-order valence-electron chi connectivity index (χ2n) is 9.79. The Bertz CT molecular complexity index is 938. The SMILES string of the molecule is Cc1nc([C@@H]2CCCN2C2CCCCC2)nc2c1CCC(=O)N2CCCc1ccccc1. The molecule has 5 rings (SSSR count). The van der Waals surface area contributed by atoms with Crippen LogP contribution >= 0.6 is 0 Å². The normalized spacial score (nSPS) is 22.3. The summed E-state index contributed by atoms with van der Waals surface area (Å²) in [5.41, 5.74) is 3.57. The third-order valence-electron chi connectivity index (χ3n) is 7.68. The number of carbonyl (C=O) groups excluding carboxylic acids is 1. The van der Waals surface area contributed by atoms with E-state index in [1.165, 1.54) is 49.7 Å². The number of rotatable bonds is 6. The van der Waals surface area contributed by atoms with Gasteiger partial charge in [0.1, 0.15) is 11.6 Å². The first-order valence-corrected chi connectivity index (χ1v) is 12.7. The van der Waals surface area contributed by atoms with Crippen molar-refractivity contribution in [2.45, 2.75) is 89.6 Å². The average molecular weight is 433 g/mol. The van der Waals surface area contributed by atoms with Crippen molar-refractivity contribution in [2.24, 2.45) is 0 Å². The van der Waals surface area contributed by atoms with E-state index >= 15 is 0 Å². The first-order chi connectivity index (χ1) is 15.7. The molecule has 2 aromatic rings. The van der Waals surface area contributed by atoms with Crippen LogP contribution in [0.4, 0.5) is 5.82 Å². The maximum absolute atomic E-state index is 12.9. The first-order valence-electron chi connectivity index (χ1n) is 12.7. The molecule has 3 aliphatic rings. The van der Waals surface area contributed by atoms with Gasteiger partial charge in [-0.05, 0) is 64.0 Å². The zero-order valence-corrected chi connectivity index (χ0v) is 19.4. The van der Waals surface area contributed by atoms with E-state index in [0.29, 0.717) is 18.5 Å². The number of nitrogens with zero attached hydrogens (tertiary/aromatic N) is 4. The molecule has 32 heavy (non-hydrogen) atoms. The Morgan fingerprint density at radius 1 is 0.969 bits per heavy atom. The number of hydrogen-bond acceptors (Lipinski definition) is 4. The van der Waals surface area contributed by atoms with Crippen molar-refractivity contribution in [1.82, 2.24) is 14.9 Å². The summed E-state index contributed by atoms with van der Waals surface area (Å²) in [4.78, 5) is 27.7. The fourth-order valence-corrected chi connectivity index (χ4v) is 5.98. The number of anilines is 1. The second kappa shape index (κ2) is 9.70. The van der Waals surface area contributed by atoms with Crippen LogP contribution in [0.15, 0.2) is 30.3 Å². The van der Waals surface area contributed by atoms with Crippen LogP contribution < -0.4 is 4.90 Å². The van der Waals surface area contributed by atoms with Crippen LogP contribution in [0.1, 0.15) is 86.5 Å². The minimum atomic E-state index is 0.213. The summed E-state index contributed by atoms with van der Waals surface area (Å²) in [6.07, 6.45) is 12.3. The van der Waals surface area contributed by atoms with Crippen molar-refractivity contribution in [3.05, 3.63) is 53.0 Å². The number of aromatic nitrogens is 2. The molecule has 2 fully saturated rings. The van der Waals surface area contributed by atoms with E-state index < -0.39 is 0 Å². The van der Waals surface area contributed by atoms with Crippen LogP contribution in [0, 0.1) is 6.92 Å². The van der Waals surface area contributed by atoms with Crippen molar-refractivity contribution in [3.63, 3.8) is 0 Å². The number of hydrogen-bond donors (Lipinski definition) is 0. The summed E-state index contributed by atoms with van der Waals surface area (Å²) >= 11 is 0. The van der Waals surface area contributed by atoms with Crippen LogP contribution in [-0.2, 0) is 17.6 Å². The molecule has 1 saturated carbocycles. The van der Waals surface area contributed by atoms with Gasteiger partial charge in [-0.2, -0.15) is 0 Å². The molecule has 5 heteroatoms. The summed E-state index contributed by atoms with van der Waals surface area (Å²) in [5.74, 6) is 2.06. The summed E-state index contributed by atoms with van der Waals surface area (Å²) in [6.45, 7) is 4.00. The Morgan fingerprint density at radius 2 is 1.78 bits per heavy atom. The fourth-order valence-electron chi connectivity index (χ4n) is 5.98. The average Bonchev–Trinajstić information content (AvgIpc) is 3.32. The van der Waals surface area contributed by atoms with Crippen molar-refractivity contribution in [1.29, 1.82) is 0 Å². The number of fused-ring (bicyclic) bond motifs is 1. The molecule has 1 amide bonds. The smallest absolute Gasteiger partial charge is 0.228 e. The van der Waals surface area contributed by atoms with Crippen molar-refractivity contribution in [3.8, 4) is 0 Å². The van der Waals surface area contributed by atoms with Gasteiger partial charge in [0.05, 0.1) is 6.04 Å². The van der Waals surface area contributed by atoms with E-state index in [1.54, 1.807) is 0 Å². The number of likely N-dealkylation sites (tertiary alicyclic amines) is 1. The molecule has 1 aromatic carbocycles. The van der Waals surface area contributed by atoms with E-state index in [1.807, 2.05) is 4.90 Å². The molecular formula is C27H36N4O. The lowest BCUT2D eigenvalue weighted by Gasteiger charge is -2.36. The summed E-state index contributed by atoms with van der Waals surface area (Å²) in [5, 5.41) is 0. The van der Waals surface area contributed by atoms with Crippen LogP contribution in [0.5, 0.6) is 0 Å². The third kappa shape index (κ3) is 4.45. The topological polar surface area (TPSA) is 49.3 Å². The Hall–Kier alpha value is -2.27. The second-order valence-corrected chi connectivity index (χ2v) is 9.79. The molecule has 0 radical (unpaired) electrons. The van der Waals surface area contributed by atoms with Crippen molar-refractivity contribution >= 4 is 11.7 Å². The fraction of sp³-hybridized carbons (Fsp3) is 0.593. The number of aryl methyl sites for hydroxylation is 2. The Balaban J connectivity index is 1.37. The van der Waals surface area contributed by atoms with E-state index in [2.05, 4.69) is 42.2 Å². The largest absolute Gasteiger partial charge is 0.296 e. The maximum atomic E-state index is 12.9. The lowest BCUT2D eigenvalue weighted by molar-refractivity contribution is -0.119. The van der Waals surface area contributed by atoms with Crippen molar-refractivity contribution in [2.75, 3.05) is 18.0 Å². The van der Waals surface area contributed by atoms with Crippen LogP contribution in [0.3, 0.4) is 0 Å². The maximum Gasteiger partial charge on any atom is 0.228 e. The standard InChI is InChI=1S/C27H36N4O/c1-20-23-16-17-25(32)31(19-8-12-21-10-4-2-5-11-21)27(23)29-26(28-20)24-15-9-18-30(24)22-13-6-3-7-14-22/h2,4-5,10-11,22,24H,3,6-9,12-19H2,1H3/t24-/m0/s1. The van der Waals surface area contributed by atoms with Gasteiger partial charge < -0.3 is 0 Å². The molecule has 1 atom stereocenters. The van der Waals surface area contributed by atoms with E-state index in [4.69, 9.17) is 9.97 Å². The van der Waals surface area contributed by atoms with E-state index in [9.17, 15) is 4.79 Å². The highest BCUT2D eigenvalue weighted by atomic mass is 16.2. The molecule has 0 bridgehead atoms. The number of amides is 1. The molecule has 5 nitrogen and oxygen atoms in total.